The molecule has 0 amide bonds. The van der Waals surface area contributed by atoms with Crippen LogP contribution in [-0.2, 0) is 16.1 Å². The van der Waals surface area contributed by atoms with Crippen LogP contribution in [0, 0.1) is 0 Å². The highest BCUT2D eigenvalue weighted by Crippen LogP contribution is 2.10. The maximum Gasteiger partial charge on any atom is 0.330 e. The van der Waals surface area contributed by atoms with Gasteiger partial charge >= 0.3 is 5.97 Å². The largest absolute Gasteiger partial charge is 0.466 e. The smallest absolute Gasteiger partial charge is 0.330 e. The molecule has 3 heteroatoms. The molecule has 0 fully saturated rings. The molecule has 80 valence electrons. The molecule has 0 aromatic heterocycles. The van der Waals surface area contributed by atoms with Gasteiger partial charge in [-0.25, -0.2) is 4.79 Å². The number of carbonyl (C=O) groups is 1. The van der Waals surface area contributed by atoms with Gasteiger partial charge in [-0.1, -0.05) is 24.3 Å². The molecule has 0 aliphatic heterocycles. The second-order valence-electron chi connectivity index (χ2n) is 3.09. The predicted molar refractivity (Wildman–Crippen MR) is 60.3 cm³/mol. The van der Waals surface area contributed by atoms with E-state index in [2.05, 4.69) is 10.1 Å². The van der Waals surface area contributed by atoms with Crippen molar-refractivity contribution in [3.8, 4) is 0 Å². The van der Waals surface area contributed by atoms with E-state index in [0.29, 0.717) is 0 Å². The van der Waals surface area contributed by atoms with Gasteiger partial charge in [0.15, 0.2) is 0 Å². The number of ether oxygens (including phenoxy) is 1. The highest BCUT2D eigenvalue weighted by Gasteiger charge is 1.97. The first-order valence-corrected chi connectivity index (χ1v) is 4.76. The van der Waals surface area contributed by atoms with E-state index in [1.165, 1.54) is 13.2 Å². The first-order chi connectivity index (χ1) is 7.27. The Morgan fingerprint density at radius 3 is 2.87 bits per heavy atom. The van der Waals surface area contributed by atoms with Gasteiger partial charge < -0.3 is 10.1 Å². The van der Waals surface area contributed by atoms with E-state index < -0.39 is 0 Å². The third kappa shape index (κ3) is 3.56. The van der Waals surface area contributed by atoms with Crippen LogP contribution in [0.25, 0.3) is 6.08 Å². The third-order valence-corrected chi connectivity index (χ3v) is 2.02. The number of nitrogens with one attached hydrogen (secondary N) is 1. The molecule has 1 aromatic carbocycles. The van der Waals surface area contributed by atoms with Crippen molar-refractivity contribution in [2.75, 3.05) is 14.2 Å². The monoisotopic (exact) mass is 205 g/mol. The van der Waals surface area contributed by atoms with Crippen molar-refractivity contribution < 1.29 is 9.53 Å². The number of rotatable bonds is 4. The van der Waals surface area contributed by atoms with E-state index in [-0.39, 0.29) is 5.97 Å². The Kier molecular flexibility index (Phi) is 4.57. The Morgan fingerprint density at radius 1 is 1.47 bits per heavy atom. The number of benzene rings is 1. The van der Waals surface area contributed by atoms with Crippen molar-refractivity contribution >= 4 is 12.0 Å². The lowest BCUT2D eigenvalue weighted by atomic mass is 10.1. The molecular weight excluding hydrogens is 190 g/mol. The zero-order chi connectivity index (χ0) is 11.1. The van der Waals surface area contributed by atoms with Crippen molar-refractivity contribution in [3.63, 3.8) is 0 Å². The molecule has 0 aliphatic rings. The van der Waals surface area contributed by atoms with Gasteiger partial charge in [-0.05, 0) is 24.3 Å². The van der Waals surface area contributed by atoms with Crippen LogP contribution in [0.15, 0.2) is 30.3 Å². The highest BCUT2D eigenvalue weighted by molar-refractivity contribution is 5.87. The van der Waals surface area contributed by atoms with Crippen LogP contribution < -0.4 is 5.32 Å². The van der Waals surface area contributed by atoms with E-state index in [1.807, 2.05) is 31.3 Å². The van der Waals surface area contributed by atoms with Gasteiger partial charge in [0.1, 0.15) is 0 Å². The fourth-order valence-electron chi connectivity index (χ4n) is 1.27. The molecule has 0 aliphatic carbocycles. The van der Waals surface area contributed by atoms with Gasteiger partial charge in [0.05, 0.1) is 7.11 Å². The molecule has 0 saturated carbocycles. The Balaban J connectivity index is 2.83. The summed E-state index contributed by atoms with van der Waals surface area (Å²) in [6, 6.07) is 7.90. The first kappa shape index (κ1) is 11.5. The Hall–Kier alpha value is -1.61. The van der Waals surface area contributed by atoms with Crippen molar-refractivity contribution in [1.82, 2.24) is 5.32 Å². The molecular formula is C12H15NO2. The summed E-state index contributed by atoms with van der Waals surface area (Å²) < 4.78 is 4.53. The Labute approximate surface area is 89.8 Å². The fraction of sp³-hybridized carbons (Fsp3) is 0.250. The zero-order valence-electron chi connectivity index (χ0n) is 8.99. The predicted octanol–water partition coefficient (Wildman–Crippen LogP) is 1.59. The summed E-state index contributed by atoms with van der Waals surface area (Å²) in [4.78, 5) is 10.9. The zero-order valence-corrected chi connectivity index (χ0v) is 8.99. The van der Waals surface area contributed by atoms with E-state index >= 15 is 0 Å². The fourth-order valence-corrected chi connectivity index (χ4v) is 1.27. The normalized spacial score (nSPS) is 10.5. The third-order valence-electron chi connectivity index (χ3n) is 2.02. The second-order valence-corrected chi connectivity index (χ2v) is 3.09. The summed E-state index contributed by atoms with van der Waals surface area (Å²) >= 11 is 0. The number of esters is 1. The molecule has 1 aromatic rings. The molecule has 0 spiro atoms. The average molecular weight is 205 g/mol. The summed E-state index contributed by atoms with van der Waals surface area (Å²) in [6.07, 6.45) is 3.19. The summed E-state index contributed by atoms with van der Waals surface area (Å²) in [6.45, 7) is 0.779. The minimum atomic E-state index is -0.339. The van der Waals surface area contributed by atoms with E-state index in [9.17, 15) is 4.79 Å². The van der Waals surface area contributed by atoms with Gasteiger partial charge in [0.25, 0.3) is 0 Å². The lowest BCUT2D eigenvalue weighted by Crippen LogP contribution is -2.06. The molecule has 0 atom stereocenters. The highest BCUT2D eigenvalue weighted by atomic mass is 16.5. The van der Waals surface area contributed by atoms with Gasteiger partial charge in [0, 0.05) is 12.6 Å². The van der Waals surface area contributed by atoms with Crippen LogP contribution in [0.4, 0.5) is 0 Å². The van der Waals surface area contributed by atoms with Gasteiger partial charge in [-0.2, -0.15) is 0 Å². The maximum atomic E-state index is 10.9. The molecule has 0 bridgehead atoms. The van der Waals surface area contributed by atoms with Crippen LogP contribution in [-0.4, -0.2) is 20.1 Å². The first-order valence-electron chi connectivity index (χ1n) is 4.76. The number of methoxy groups -OCH3 is 1. The molecule has 0 saturated heterocycles. The van der Waals surface area contributed by atoms with Crippen molar-refractivity contribution in [2.45, 2.75) is 6.54 Å². The van der Waals surface area contributed by atoms with Crippen LogP contribution in [0.5, 0.6) is 0 Å². The van der Waals surface area contributed by atoms with E-state index in [0.717, 1.165) is 17.7 Å². The lowest BCUT2D eigenvalue weighted by molar-refractivity contribution is -0.134. The van der Waals surface area contributed by atoms with E-state index in [1.54, 1.807) is 6.08 Å². The minimum Gasteiger partial charge on any atom is -0.466 e. The Bertz CT molecular complexity index is 358. The molecule has 0 unspecified atom stereocenters. The van der Waals surface area contributed by atoms with Crippen LogP contribution in [0.2, 0.25) is 0 Å². The van der Waals surface area contributed by atoms with Gasteiger partial charge in [-0.15, -0.1) is 0 Å². The SMILES string of the molecule is CNCc1ccccc1C=CC(=O)OC. The molecule has 0 heterocycles. The van der Waals surface area contributed by atoms with Crippen LogP contribution in [0.1, 0.15) is 11.1 Å². The average Bonchev–Trinajstić information content (AvgIpc) is 2.28. The van der Waals surface area contributed by atoms with Crippen LogP contribution >= 0.6 is 0 Å². The van der Waals surface area contributed by atoms with Crippen molar-refractivity contribution in [3.05, 3.63) is 41.5 Å². The molecule has 0 radical (unpaired) electrons. The number of hydrogen-bond donors (Lipinski definition) is 1. The lowest BCUT2D eigenvalue weighted by Gasteiger charge is -2.04. The minimum absolute atomic E-state index is 0.339. The topological polar surface area (TPSA) is 38.3 Å². The summed E-state index contributed by atoms with van der Waals surface area (Å²) in [7, 11) is 3.26. The van der Waals surface area contributed by atoms with Gasteiger partial charge in [0.2, 0.25) is 0 Å². The summed E-state index contributed by atoms with van der Waals surface area (Å²) in [5.41, 5.74) is 2.18. The second kappa shape index (κ2) is 5.98. The molecule has 1 N–H and O–H groups in total. The van der Waals surface area contributed by atoms with Crippen molar-refractivity contribution in [1.29, 1.82) is 0 Å². The standard InChI is InChI=1S/C12H15NO2/c1-13-9-11-6-4-3-5-10(11)7-8-12(14)15-2/h3-8,13H,9H2,1-2H3. The molecule has 15 heavy (non-hydrogen) atoms. The maximum absolute atomic E-state index is 10.9. The van der Waals surface area contributed by atoms with E-state index in [4.69, 9.17) is 0 Å². The number of hydrogen-bond acceptors (Lipinski definition) is 3. The van der Waals surface area contributed by atoms with Crippen molar-refractivity contribution in [2.24, 2.45) is 0 Å². The number of carbonyl (C=O) groups excluding carboxylic acids is 1. The quantitative estimate of drug-likeness (QED) is 0.599. The Morgan fingerprint density at radius 2 is 2.20 bits per heavy atom. The summed E-state index contributed by atoms with van der Waals surface area (Å²) in [5, 5.41) is 3.08. The summed E-state index contributed by atoms with van der Waals surface area (Å²) in [5.74, 6) is -0.339. The van der Waals surface area contributed by atoms with Gasteiger partial charge in [-0.3, -0.25) is 0 Å². The molecule has 3 nitrogen and oxygen atoms in total. The van der Waals surface area contributed by atoms with Crippen LogP contribution in [0.3, 0.4) is 0 Å². The molecule has 1 rings (SSSR count).